The summed E-state index contributed by atoms with van der Waals surface area (Å²) in [5, 5.41) is 0. The largest absolute Gasteiger partial charge is 0.680 e. The van der Waals surface area contributed by atoms with Crippen LogP contribution >= 0.6 is 0 Å². The molecule has 9 heavy (non-hydrogen) atoms. The molecular formula is C5H10N2OY-2. The van der Waals surface area contributed by atoms with Gasteiger partial charge in [-0.2, -0.15) is 7.05 Å². The fourth-order valence-corrected chi connectivity index (χ4v) is 0. The number of carbonyl (C=O) groups is 1. The zero-order valence-corrected chi connectivity index (χ0v) is 8.53. The van der Waals surface area contributed by atoms with Gasteiger partial charge in [-0.15, -0.1) is 0 Å². The van der Waals surface area contributed by atoms with Crippen LogP contribution in [0.25, 0.3) is 11.5 Å². The Morgan fingerprint density at radius 2 is 1.56 bits per heavy atom. The predicted molar refractivity (Wildman–Crippen MR) is 34.4 cm³/mol. The molecule has 0 atom stereocenters. The molecule has 0 heterocycles. The molecule has 0 rings (SSSR count). The number of nitrogens with one attached hydrogen (secondary N) is 2. The molecule has 0 unspecified atom stereocenters. The number of carbonyl (C=O) groups excluding carboxylic acids is 1. The van der Waals surface area contributed by atoms with E-state index in [0.717, 1.165) is 0 Å². The summed E-state index contributed by atoms with van der Waals surface area (Å²) >= 11 is 0. The van der Waals surface area contributed by atoms with Crippen LogP contribution in [0.3, 0.4) is 0 Å². The van der Waals surface area contributed by atoms with Crippen LogP contribution in [-0.2, 0) is 37.5 Å². The molecule has 2 N–H and O–H groups in total. The first-order valence-electron chi connectivity index (χ1n) is 2.06. The van der Waals surface area contributed by atoms with Crippen LogP contribution in [0.5, 0.6) is 0 Å². The zero-order valence-electron chi connectivity index (χ0n) is 5.69. The summed E-state index contributed by atoms with van der Waals surface area (Å²) in [4.78, 5) is 9.71. The molecule has 0 aliphatic carbocycles. The maximum absolute atomic E-state index is 9.71. The third-order valence-electron chi connectivity index (χ3n) is 0.388. The van der Waals surface area contributed by atoms with Crippen LogP contribution in [-0.4, -0.2) is 13.0 Å². The van der Waals surface area contributed by atoms with Crippen molar-refractivity contribution in [1.82, 2.24) is 0 Å². The van der Waals surface area contributed by atoms with Gasteiger partial charge in [0.25, 0.3) is 0 Å². The van der Waals surface area contributed by atoms with Crippen molar-refractivity contribution >= 4 is 5.91 Å². The molecule has 0 fully saturated rings. The Balaban J connectivity index is -0.000000109. The van der Waals surface area contributed by atoms with Crippen LogP contribution in [0, 0.1) is 0 Å². The summed E-state index contributed by atoms with van der Waals surface area (Å²) in [6, 6.07) is 0. The fourth-order valence-electron chi connectivity index (χ4n) is 0. The Kier molecular flexibility index (Phi) is 19.9. The normalized spacial score (nSPS) is 5.67. The van der Waals surface area contributed by atoms with Crippen molar-refractivity contribution in [3.8, 4) is 0 Å². The maximum atomic E-state index is 9.71. The van der Waals surface area contributed by atoms with Gasteiger partial charge in [0.1, 0.15) is 0 Å². The molecule has 0 bridgehead atoms. The van der Waals surface area contributed by atoms with Gasteiger partial charge in [0.05, 0.1) is 5.91 Å². The molecule has 0 aromatic heterocycles. The second-order valence-electron chi connectivity index (χ2n) is 1.11. The fraction of sp³-hybridized carbons (Fsp3) is 0.400. The van der Waals surface area contributed by atoms with Gasteiger partial charge in [0.15, 0.2) is 0 Å². The topological polar surface area (TPSA) is 64.7 Å². The van der Waals surface area contributed by atoms with E-state index in [1.807, 2.05) is 0 Å². The summed E-state index contributed by atoms with van der Waals surface area (Å²) in [7, 11) is 1.25. The zero-order chi connectivity index (χ0) is 7.15. The van der Waals surface area contributed by atoms with Gasteiger partial charge in [-0.1, -0.05) is 6.58 Å². The van der Waals surface area contributed by atoms with Crippen molar-refractivity contribution in [1.29, 1.82) is 0 Å². The van der Waals surface area contributed by atoms with Crippen LogP contribution < -0.4 is 0 Å². The number of hydrogen-bond donors (Lipinski definition) is 0. The van der Waals surface area contributed by atoms with E-state index in [1.54, 1.807) is 0 Å². The molecule has 0 saturated heterocycles. The molecule has 0 spiro atoms. The Morgan fingerprint density at radius 1 is 1.44 bits per heavy atom. The van der Waals surface area contributed by atoms with Crippen molar-refractivity contribution in [2.75, 3.05) is 7.05 Å². The molecule has 51 valence electrons. The van der Waals surface area contributed by atoms with E-state index in [1.165, 1.54) is 14.0 Å². The van der Waals surface area contributed by atoms with Gasteiger partial charge in [-0.3, -0.25) is 0 Å². The average Bonchev–Trinajstić information content (AvgIpc) is 1.72. The second-order valence-corrected chi connectivity index (χ2v) is 1.11. The van der Waals surface area contributed by atoms with E-state index in [-0.39, 0.29) is 38.3 Å². The smallest absolute Gasteiger partial charge is 0.0746 e. The Labute approximate surface area is 80.7 Å². The molecule has 0 aliphatic heterocycles. The van der Waals surface area contributed by atoms with Crippen LogP contribution in [0.4, 0.5) is 0 Å². The van der Waals surface area contributed by atoms with Gasteiger partial charge < -0.3 is 16.3 Å². The molecule has 0 aliphatic rings. The van der Waals surface area contributed by atoms with Crippen molar-refractivity contribution in [2.45, 2.75) is 6.92 Å². The molecule has 0 saturated carbocycles. The summed E-state index contributed by atoms with van der Waals surface area (Å²) < 4.78 is 0. The molecule has 3 nitrogen and oxygen atoms in total. The van der Waals surface area contributed by atoms with Crippen LogP contribution in [0.1, 0.15) is 6.92 Å². The van der Waals surface area contributed by atoms with Crippen LogP contribution in [0.2, 0.25) is 0 Å². The van der Waals surface area contributed by atoms with Crippen molar-refractivity contribution in [3.05, 3.63) is 23.6 Å². The standard InChI is InChI=1S/C4H7NO.CH4N.Y/c1-3(2)4(5)6;1-2;/h1H2,2H3,(H2,5,6);2H,1H3;/q;-1;/p-1. The third kappa shape index (κ3) is 17.8. The van der Waals surface area contributed by atoms with Crippen molar-refractivity contribution in [3.63, 3.8) is 0 Å². The van der Waals surface area contributed by atoms with Crippen molar-refractivity contribution < 1.29 is 37.5 Å². The minimum Gasteiger partial charge on any atom is -0.680 e. The summed E-state index contributed by atoms with van der Waals surface area (Å²) in [6.07, 6.45) is 0. The maximum Gasteiger partial charge on any atom is 0.0746 e. The Morgan fingerprint density at radius 3 is 1.56 bits per heavy atom. The number of hydrogen-bond acceptors (Lipinski definition) is 1. The van der Waals surface area contributed by atoms with E-state index in [9.17, 15) is 4.79 Å². The van der Waals surface area contributed by atoms with Gasteiger partial charge in [0, 0.05) is 32.7 Å². The third-order valence-corrected chi connectivity index (χ3v) is 0.388. The minimum absolute atomic E-state index is 0. The second kappa shape index (κ2) is 11.1. The molecule has 0 aromatic carbocycles. The van der Waals surface area contributed by atoms with Crippen LogP contribution in [0.15, 0.2) is 12.2 Å². The quantitative estimate of drug-likeness (QED) is 0.599. The predicted octanol–water partition coefficient (Wildman–Crippen LogP) is 1.81. The van der Waals surface area contributed by atoms with E-state index in [4.69, 9.17) is 11.5 Å². The van der Waals surface area contributed by atoms with E-state index in [2.05, 4.69) is 6.58 Å². The van der Waals surface area contributed by atoms with Crippen molar-refractivity contribution in [2.24, 2.45) is 0 Å². The van der Waals surface area contributed by atoms with Gasteiger partial charge >= 0.3 is 0 Å². The van der Waals surface area contributed by atoms with Gasteiger partial charge in [0.2, 0.25) is 0 Å². The molecular weight excluding hydrogens is 193 g/mol. The van der Waals surface area contributed by atoms with E-state index in [0.29, 0.717) is 0 Å². The minimum atomic E-state index is -0.685. The number of rotatable bonds is 1. The number of amides is 1. The monoisotopic (exact) mass is 203 g/mol. The Bertz CT molecular complexity index is 81.0. The average molecular weight is 203 g/mol. The van der Waals surface area contributed by atoms with E-state index >= 15 is 0 Å². The molecule has 4 heteroatoms. The first-order chi connectivity index (χ1) is 3.64. The van der Waals surface area contributed by atoms with Gasteiger partial charge in [-0.05, 0) is 12.5 Å². The molecule has 1 amide bonds. The summed E-state index contributed by atoms with van der Waals surface area (Å²) in [5.41, 5.74) is 12.3. The SMILES string of the molecule is C=C(C)C([NH-])=O.C[NH-].[Y]. The van der Waals surface area contributed by atoms with Gasteiger partial charge in [-0.25, -0.2) is 0 Å². The molecule has 1 radical (unpaired) electrons. The molecule has 0 aromatic rings. The summed E-state index contributed by atoms with van der Waals surface area (Å²) in [6.45, 7) is 4.73. The first-order valence-corrected chi connectivity index (χ1v) is 2.06. The Hall–Kier alpha value is 0.274. The summed E-state index contributed by atoms with van der Waals surface area (Å²) in [5.74, 6) is -0.685. The van der Waals surface area contributed by atoms with E-state index < -0.39 is 5.91 Å². The first kappa shape index (κ1) is 16.1.